The molecule has 2 aromatic carbocycles. The minimum Gasteiger partial charge on any atom is -0.484 e. The summed E-state index contributed by atoms with van der Waals surface area (Å²) in [5, 5.41) is 11.1. The Morgan fingerprint density at radius 3 is 2.67 bits per heavy atom. The first-order chi connectivity index (χ1) is 13.0. The predicted octanol–water partition coefficient (Wildman–Crippen LogP) is 3.54. The van der Waals surface area contributed by atoms with E-state index in [2.05, 4.69) is 25.0 Å². The number of halogens is 2. The molecular formula is C17H11F2N3O4S. The maximum absolute atomic E-state index is 13.0. The molecule has 1 amide bonds. The standard InChI is InChI=1S/C17H11F2N3O4S/c18-17(19)25-13-6-3-11(7-14(13)26-17)21-15(23)8-24-12-4-1-10(2-5-12)16-22-20-9-27-16/h1-7,9H,8H2,(H,21,23). The molecular weight excluding hydrogens is 380 g/mol. The van der Waals surface area contributed by atoms with Gasteiger partial charge in [-0.3, -0.25) is 4.79 Å². The Kier molecular flexibility index (Phi) is 4.32. The number of benzene rings is 2. The van der Waals surface area contributed by atoms with Gasteiger partial charge in [0.25, 0.3) is 5.91 Å². The number of ether oxygens (including phenoxy) is 3. The number of carbonyl (C=O) groups is 1. The molecule has 0 saturated heterocycles. The van der Waals surface area contributed by atoms with Crippen LogP contribution in [-0.4, -0.2) is 29.0 Å². The van der Waals surface area contributed by atoms with Crippen LogP contribution in [0, 0.1) is 0 Å². The summed E-state index contributed by atoms with van der Waals surface area (Å²) in [7, 11) is 0. The van der Waals surface area contributed by atoms with E-state index in [-0.39, 0.29) is 23.8 Å². The predicted molar refractivity (Wildman–Crippen MR) is 92.1 cm³/mol. The van der Waals surface area contributed by atoms with Gasteiger partial charge < -0.3 is 19.5 Å². The number of aromatic nitrogens is 2. The maximum atomic E-state index is 13.0. The Hall–Kier alpha value is -3.27. The molecule has 2 heterocycles. The summed E-state index contributed by atoms with van der Waals surface area (Å²) in [5.41, 5.74) is 2.82. The zero-order chi connectivity index (χ0) is 18.9. The minimum atomic E-state index is -3.70. The van der Waals surface area contributed by atoms with Crippen molar-refractivity contribution in [2.24, 2.45) is 0 Å². The van der Waals surface area contributed by atoms with E-state index in [9.17, 15) is 13.6 Å². The quantitative estimate of drug-likeness (QED) is 0.716. The van der Waals surface area contributed by atoms with Gasteiger partial charge in [-0.15, -0.1) is 19.0 Å². The van der Waals surface area contributed by atoms with E-state index in [0.717, 1.165) is 10.6 Å². The average Bonchev–Trinajstić information content (AvgIpc) is 3.26. The van der Waals surface area contributed by atoms with E-state index in [1.165, 1.54) is 29.5 Å². The number of fused-ring (bicyclic) bond motifs is 1. The number of rotatable bonds is 5. The fourth-order valence-corrected chi connectivity index (χ4v) is 2.93. The molecule has 27 heavy (non-hydrogen) atoms. The summed E-state index contributed by atoms with van der Waals surface area (Å²) >= 11 is 1.42. The van der Waals surface area contributed by atoms with Gasteiger partial charge in [-0.1, -0.05) is 11.3 Å². The summed E-state index contributed by atoms with van der Waals surface area (Å²) in [6, 6.07) is 11.0. The summed E-state index contributed by atoms with van der Waals surface area (Å²) in [6.07, 6.45) is -3.70. The molecule has 0 atom stereocenters. The summed E-state index contributed by atoms with van der Waals surface area (Å²) < 4.78 is 40.1. The molecule has 0 saturated carbocycles. The molecule has 0 radical (unpaired) electrons. The van der Waals surface area contributed by atoms with Gasteiger partial charge in [0.2, 0.25) is 0 Å². The van der Waals surface area contributed by atoms with Crippen LogP contribution in [0.1, 0.15) is 0 Å². The highest BCUT2D eigenvalue weighted by molar-refractivity contribution is 7.12. The highest BCUT2D eigenvalue weighted by Gasteiger charge is 2.43. The van der Waals surface area contributed by atoms with Crippen LogP contribution in [-0.2, 0) is 4.79 Å². The fraction of sp³-hybridized carbons (Fsp3) is 0.118. The largest absolute Gasteiger partial charge is 0.586 e. The zero-order valence-electron chi connectivity index (χ0n) is 13.5. The monoisotopic (exact) mass is 391 g/mol. The SMILES string of the molecule is O=C(COc1ccc(-c2nncs2)cc1)Nc1ccc2c(c1)OC(F)(F)O2. The number of anilines is 1. The van der Waals surface area contributed by atoms with Crippen LogP contribution in [0.2, 0.25) is 0 Å². The van der Waals surface area contributed by atoms with Gasteiger partial charge >= 0.3 is 6.29 Å². The van der Waals surface area contributed by atoms with E-state index in [1.807, 2.05) is 12.1 Å². The Morgan fingerprint density at radius 1 is 1.15 bits per heavy atom. The van der Waals surface area contributed by atoms with Gasteiger partial charge in [0.05, 0.1) is 0 Å². The lowest BCUT2D eigenvalue weighted by atomic mass is 10.2. The third-order valence-corrected chi connectivity index (χ3v) is 4.26. The Balaban J connectivity index is 1.33. The average molecular weight is 391 g/mol. The Morgan fingerprint density at radius 2 is 1.93 bits per heavy atom. The number of hydrogen-bond acceptors (Lipinski definition) is 7. The smallest absolute Gasteiger partial charge is 0.484 e. The lowest BCUT2D eigenvalue weighted by Gasteiger charge is -2.08. The molecule has 4 rings (SSSR count). The number of nitrogens with one attached hydrogen (secondary N) is 1. The molecule has 1 aliphatic heterocycles. The third-order valence-electron chi connectivity index (χ3n) is 3.52. The molecule has 1 aliphatic rings. The van der Waals surface area contributed by atoms with E-state index in [0.29, 0.717) is 5.75 Å². The molecule has 1 aromatic heterocycles. The Bertz CT molecular complexity index is 965. The molecule has 3 aromatic rings. The molecule has 0 unspecified atom stereocenters. The minimum absolute atomic E-state index is 0.0928. The third kappa shape index (κ3) is 3.95. The van der Waals surface area contributed by atoms with Crippen molar-refractivity contribution in [3.05, 3.63) is 48.0 Å². The van der Waals surface area contributed by atoms with Crippen LogP contribution in [0.25, 0.3) is 10.6 Å². The van der Waals surface area contributed by atoms with Gasteiger partial charge in [0.15, 0.2) is 18.1 Å². The second-order valence-electron chi connectivity index (χ2n) is 5.43. The molecule has 138 valence electrons. The number of carbonyl (C=O) groups excluding carboxylic acids is 1. The maximum Gasteiger partial charge on any atom is 0.586 e. The van der Waals surface area contributed by atoms with Crippen LogP contribution >= 0.6 is 11.3 Å². The van der Waals surface area contributed by atoms with Gasteiger partial charge in [-0.05, 0) is 36.4 Å². The molecule has 0 aliphatic carbocycles. The van der Waals surface area contributed by atoms with Crippen LogP contribution in [0.4, 0.5) is 14.5 Å². The highest BCUT2D eigenvalue weighted by Crippen LogP contribution is 2.42. The fourth-order valence-electron chi connectivity index (χ4n) is 2.37. The summed E-state index contributed by atoms with van der Waals surface area (Å²) in [6.45, 7) is -0.247. The molecule has 0 bridgehead atoms. The highest BCUT2D eigenvalue weighted by atomic mass is 32.1. The van der Waals surface area contributed by atoms with Gasteiger partial charge in [0.1, 0.15) is 16.3 Å². The van der Waals surface area contributed by atoms with Crippen molar-refractivity contribution >= 4 is 22.9 Å². The topological polar surface area (TPSA) is 82.6 Å². The van der Waals surface area contributed by atoms with Gasteiger partial charge in [-0.2, -0.15) is 0 Å². The number of nitrogens with zero attached hydrogens (tertiary/aromatic N) is 2. The van der Waals surface area contributed by atoms with E-state index < -0.39 is 12.2 Å². The second kappa shape index (κ2) is 6.80. The van der Waals surface area contributed by atoms with Crippen LogP contribution in [0.15, 0.2) is 48.0 Å². The van der Waals surface area contributed by atoms with Gasteiger partial charge in [-0.25, -0.2) is 0 Å². The summed E-state index contributed by atoms with van der Waals surface area (Å²) in [4.78, 5) is 12.0. The lowest BCUT2D eigenvalue weighted by molar-refractivity contribution is -0.286. The summed E-state index contributed by atoms with van der Waals surface area (Å²) in [5.74, 6) is -0.187. The molecule has 10 heteroatoms. The van der Waals surface area contributed by atoms with Crippen molar-refractivity contribution in [2.45, 2.75) is 6.29 Å². The van der Waals surface area contributed by atoms with E-state index in [1.54, 1.807) is 17.6 Å². The van der Waals surface area contributed by atoms with Crippen LogP contribution in [0.5, 0.6) is 17.2 Å². The van der Waals surface area contributed by atoms with Crippen molar-refractivity contribution < 1.29 is 27.8 Å². The normalized spacial score (nSPS) is 14.0. The van der Waals surface area contributed by atoms with Crippen LogP contribution in [0.3, 0.4) is 0 Å². The Labute approximate surface area is 155 Å². The zero-order valence-corrected chi connectivity index (χ0v) is 14.3. The van der Waals surface area contributed by atoms with Crippen molar-refractivity contribution in [3.63, 3.8) is 0 Å². The first kappa shape index (κ1) is 17.2. The van der Waals surface area contributed by atoms with Crippen LogP contribution < -0.4 is 19.5 Å². The number of alkyl halides is 2. The molecule has 0 fully saturated rings. The second-order valence-corrected chi connectivity index (χ2v) is 6.27. The molecule has 7 nitrogen and oxygen atoms in total. The van der Waals surface area contributed by atoms with Crippen molar-refractivity contribution in [3.8, 4) is 27.8 Å². The van der Waals surface area contributed by atoms with Gasteiger partial charge in [0, 0.05) is 17.3 Å². The molecule has 0 spiro atoms. The van der Waals surface area contributed by atoms with E-state index in [4.69, 9.17) is 4.74 Å². The van der Waals surface area contributed by atoms with Crippen molar-refractivity contribution in [1.82, 2.24) is 10.2 Å². The molecule has 1 N–H and O–H groups in total. The number of hydrogen-bond donors (Lipinski definition) is 1. The lowest BCUT2D eigenvalue weighted by Crippen LogP contribution is -2.25. The first-order valence-corrected chi connectivity index (χ1v) is 8.56. The van der Waals surface area contributed by atoms with E-state index >= 15 is 0 Å². The van der Waals surface area contributed by atoms with Crippen molar-refractivity contribution in [1.29, 1.82) is 0 Å². The number of amides is 1. The van der Waals surface area contributed by atoms with Crippen molar-refractivity contribution in [2.75, 3.05) is 11.9 Å². The first-order valence-electron chi connectivity index (χ1n) is 7.68.